The van der Waals surface area contributed by atoms with Gasteiger partial charge in [0.2, 0.25) is 0 Å². The Labute approximate surface area is 35.2 Å². The number of halogens is 2. The van der Waals surface area contributed by atoms with E-state index in [0.29, 0.717) is 0 Å². The summed E-state index contributed by atoms with van der Waals surface area (Å²) in [6.45, 7) is 2.93. The van der Waals surface area contributed by atoms with Crippen molar-refractivity contribution >= 4 is 11.6 Å². The van der Waals surface area contributed by atoms with Crippen LogP contribution in [0.25, 0.3) is 0 Å². The van der Waals surface area contributed by atoms with Crippen molar-refractivity contribution in [2.75, 3.05) is 0 Å². The van der Waals surface area contributed by atoms with Crippen LogP contribution >= 0.6 is 11.6 Å². The smallest absolute Gasteiger partial charge is 0.198 e. The second-order valence-corrected chi connectivity index (χ2v) is 0.888. The lowest BCUT2D eigenvalue weighted by molar-refractivity contribution is 0.503. The highest BCUT2D eigenvalue weighted by Crippen LogP contribution is 1.92. The number of hydrogen-bond acceptors (Lipinski definition) is 0. The van der Waals surface area contributed by atoms with Crippen molar-refractivity contribution in [3.63, 3.8) is 0 Å². The summed E-state index contributed by atoms with van der Waals surface area (Å²) in [4.78, 5) is 0. The van der Waals surface area contributed by atoms with Crippen LogP contribution in [-0.2, 0) is 0 Å². The highest BCUT2D eigenvalue weighted by Gasteiger charge is 1.84. The zero-order valence-corrected chi connectivity index (χ0v) is 3.30. The number of hydrogen-bond donors (Lipinski definition) is 0. The molecule has 0 aliphatic rings. The van der Waals surface area contributed by atoms with Crippen LogP contribution in [-0.4, -0.2) is 5.63 Å². The van der Waals surface area contributed by atoms with Crippen LogP contribution in [0.15, 0.2) is 6.58 Å². The lowest BCUT2D eigenvalue weighted by atomic mass is 10.7. The molecule has 1 radical (unpaired) electrons. The lowest BCUT2D eigenvalue weighted by Gasteiger charge is -1.75. The molecule has 1 atom stereocenters. The van der Waals surface area contributed by atoms with Gasteiger partial charge in [-0.05, 0) is 0 Å². The average molecular weight is 93.5 g/mol. The molecule has 29 valence electrons. The summed E-state index contributed by atoms with van der Waals surface area (Å²) in [7, 11) is 0. The summed E-state index contributed by atoms with van der Waals surface area (Å²) in [6.07, 6.45) is 1.88. The van der Waals surface area contributed by atoms with Crippen LogP contribution in [0, 0.1) is 6.08 Å². The van der Waals surface area contributed by atoms with Gasteiger partial charge in [-0.25, -0.2) is 4.39 Å². The molecular formula is C3H3ClF. The SMILES string of the molecule is C=[C]C(F)Cl. The molecule has 0 aromatic carbocycles. The van der Waals surface area contributed by atoms with E-state index in [1.165, 1.54) is 0 Å². The topological polar surface area (TPSA) is 0 Å². The third kappa shape index (κ3) is 3.96. The van der Waals surface area contributed by atoms with E-state index >= 15 is 0 Å². The van der Waals surface area contributed by atoms with E-state index in [4.69, 9.17) is 0 Å². The summed E-state index contributed by atoms with van der Waals surface area (Å²) in [5.74, 6) is 0. The minimum Gasteiger partial charge on any atom is -0.225 e. The van der Waals surface area contributed by atoms with Gasteiger partial charge in [0, 0.05) is 6.08 Å². The van der Waals surface area contributed by atoms with Crippen molar-refractivity contribution in [3.8, 4) is 0 Å². The van der Waals surface area contributed by atoms with E-state index < -0.39 is 5.63 Å². The van der Waals surface area contributed by atoms with Crippen molar-refractivity contribution in [2.24, 2.45) is 0 Å². The van der Waals surface area contributed by atoms with Gasteiger partial charge in [-0.3, -0.25) is 0 Å². The molecule has 2 heteroatoms. The molecule has 5 heavy (non-hydrogen) atoms. The molecule has 0 saturated heterocycles. The maximum atomic E-state index is 11.0. The summed E-state index contributed by atoms with van der Waals surface area (Å²) >= 11 is 4.62. The maximum absolute atomic E-state index is 11.0. The van der Waals surface area contributed by atoms with Crippen molar-refractivity contribution in [2.45, 2.75) is 5.63 Å². The summed E-state index contributed by atoms with van der Waals surface area (Å²) in [5, 5.41) is 0. The molecule has 0 rings (SSSR count). The molecular weight excluding hydrogens is 90.5 g/mol. The first-order valence-corrected chi connectivity index (χ1v) is 1.52. The molecule has 0 fully saturated rings. The van der Waals surface area contributed by atoms with Gasteiger partial charge in [0.25, 0.3) is 0 Å². The molecule has 0 aliphatic carbocycles. The number of allylic oxidation sites excluding steroid dienone is 1. The van der Waals surface area contributed by atoms with Gasteiger partial charge in [-0.2, -0.15) is 0 Å². The average Bonchev–Trinajstić information content (AvgIpc) is 1.38. The zero-order valence-electron chi connectivity index (χ0n) is 2.54. The zero-order chi connectivity index (χ0) is 4.28. The summed E-state index contributed by atoms with van der Waals surface area (Å²) in [6, 6.07) is 0. The van der Waals surface area contributed by atoms with Crippen LogP contribution in [0.4, 0.5) is 4.39 Å². The first kappa shape index (κ1) is 4.96. The quantitative estimate of drug-likeness (QED) is 0.431. The van der Waals surface area contributed by atoms with E-state index in [1.807, 2.05) is 6.08 Å². The van der Waals surface area contributed by atoms with E-state index in [9.17, 15) is 4.39 Å². The second-order valence-electron chi connectivity index (χ2n) is 0.505. The Hall–Kier alpha value is -0.0400. The molecule has 0 aromatic heterocycles. The molecule has 0 spiro atoms. The minimum absolute atomic E-state index is 1.50. The largest absolute Gasteiger partial charge is 0.225 e. The molecule has 0 heterocycles. The number of alkyl halides is 2. The molecule has 0 saturated carbocycles. The van der Waals surface area contributed by atoms with E-state index in [2.05, 4.69) is 18.2 Å². The highest BCUT2D eigenvalue weighted by atomic mass is 35.5. The van der Waals surface area contributed by atoms with E-state index in [0.717, 1.165) is 0 Å². The number of rotatable bonds is 1. The summed E-state index contributed by atoms with van der Waals surface area (Å²) in [5.41, 5.74) is -1.50. The Kier molecular flexibility index (Phi) is 2.19. The Balaban J connectivity index is 2.83. The molecule has 1 unspecified atom stereocenters. The highest BCUT2D eigenvalue weighted by molar-refractivity contribution is 6.20. The maximum Gasteiger partial charge on any atom is 0.198 e. The summed E-state index contributed by atoms with van der Waals surface area (Å²) < 4.78 is 11.0. The first-order chi connectivity index (χ1) is 2.27. The molecule has 0 amide bonds. The lowest BCUT2D eigenvalue weighted by Crippen LogP contribution is -1.73. The van der Waals surface area contributed by atoms with Crippen LogP contribution in [0.3, 0.4) is 0 Å². The minimum atomic E-state index is -1.50. The molecule has 0 N–H and O–H groups in total. The Morgan fingerprint density at radius 2 is 2.20 bits per heavy atom. The Morgan fingerprint density at radius 1 is 2.00 bits per heavy atom. The second kappa shape index (κ2) is 2.21. The standard InChI is InChI=1S/C3H3ClF/c1-2-3(4)5/h3H,1H2. The van der Waals surface area contributed by atoms with Crippen molar-refractivity contribution < 1.29 is 4.39 Å². The predicted molar refractivity (Wildman–Crippen MR) is 19.6 cm³/mol. The van der Waals surface area contributed by atoms with Gasteiger partial charge in [-0.15, -0.1) is 0 Å². The van der Waals surface area contributed by atoms with E-state index in [1.54, 1.807) is 0 Å². The van der Waals surface area contributed by atoms with Gasteiger partial charge in [-0.1, -0.05) is 18.2 Å². The fourth-order valence-corrected chi connectivity index (χ4v) is 0. The Morgan fingerprint density at radius 3 is 2.20 bits per heavy atom. The van der Waals surface area contributed by atoms with Crippen LogP contribution in [0.5, 0.6) is 0 Å². The predicted octanol–water partition coefficient (Wildman–Crippen LogP) is 1.51. The Bertz CT molecular complexity index is 33.9. The monoisotopic (exact) mass is 93.0 g/mol. The fraction of sp³-hybridized carbons (Fsp3) is 0.333. The molecule has 0 bridgehead atoms. The molecule has 0 aromatic rings. The first-order valence-electron chi connectivity index (χ1n) is 1.08. The molecule has 0 nitrogen and oxygen atoms in total. The third-order valence-corrected chi connectivity index (χ3v) is 0.309. The van der Waals surface area contributed by atoms with Crippen LogP contribution < -0.4 is 0 Å². The third-order valence-electron chi connectivity index (χ3n) is 0.154. The van der Waals surface area contributed by atoms with Crippen molar-refractivity contribution in [1.29, 1.82) is 0 Å². The van der Waals surface area contributed by atoms with Gasteiger partial charge in [0.1, 0.15) is 0 Å². The van der Waals surface area contributed by atoms with Gasteiger partial charge in [0.05, 0.1) is 0 Å². The molecule has 0 aliphatic heterocycles. The van der Waals surface area contributed by atoms with Crippen LogP contribution in [0.1, 0.15) is 0 Å². The van der Waals surface area contributed by atoms with E-state index in [-0.39, 0.29) is 0 Å². The van der Waals surface area contributed by atoms with Crippen molar-refractivity contribution in [3.05, 3.63) is 12.7 Å². The van der Waals surface area contributed by atoms with Crippen molar-refractivity contribution in [1.82, 2.24) is 0 Å². The van der Waals surface area contributed by atoms with Gasteiger partial charge in [0.15, 0.2) is 5.63 Å². The van der Waals surface area contributed by atoms with Gasteiger partial charge >= 0.3 is 0 Å². The fourth-order valence-electron chi connectivity index (χ4n) is 0. The normalized spacial score (nSPS) is 14.0. The van der Waals surface area contributed by atoms with Crippen LogP contribution in [0.2, 0.25) is 0 Å². The van der Waals surface area contributed by atoms with Gasteiger partial charge < -0.3 is 0 Å².